The minimum Gasteiger partial charge on any atom is -0.374 e. The summed E-state index contributed by atoms with van der Waals surface area (Å²) in [6.07, 6.45) is 1.18. The Hall–Kier alpha value is -1.13. The summed E-state index contributed by atoms with van der Waals surface area (Å²) in [7, 11) is -2.97. The number of sulfone groups is 1. The van der Waals surface area contributed by atoms with E-state index in [1.54, 1.807) is 6.92 Å². The van der Waals surface area contributed by atoms with E-state index in [1.165, 1.54) is 17.8 Å². The lowest BCUT2D eigenvalue weighted by atomic mass is 10.3. The molecule has 0 aliphatic carbocycles. The van der Waals surface area contributed by atoms with Gasteiger partial charge < -0.3 is 5.32 Å². The van der Waals surface area contributed by atoms with E-state index < -0.39 is 9.84 Å². The summed E-state index contributed by atoms with van der Waals surface area (Å²) in [6, 6.07) is 2.03. The van der Waals surface area contributed by atoms with Crippen LogP contribution in [0.1, 0.15) is 11.3 Å². The summed E-state index contributed by atoms with van der Waals surface area (Å²) in [4.78, 5) is 0. The van der Waals surface area contributed by atoms with Crippen molar-refractivity contribution in [2.75, 3.05) is 23.9 Å². The van der Waals surface area contributed by atoms with Crippen LogP contribution in [0.3, 0.4) is 0 Å². The van der Waals surface area contributed by atoms with E-state index in [0.29, 0.717) is 22.8 Å². The highest BCUT2D eigenvalue weighted by atomic mass is 32.2. The van der Waals surface area contributed by atoms with Crippen molar-refractivity contribution in [2.24, 2.45) is 0 Å². The number of nitrogens with one attached hydrogen (secondary N) is 1. The van der Waals surface area contributed by atoms with Crippen molar-refractivity contribution in [3.05, 3.63) is 11.3 Å². The third-order valence-corrected chi connectivity index (χ3v) is 3.57. The second-order valence-electron chi connectivity index (χ2n) is 3.14. The van der Waals surface area contributed by atoms with Gasteiger partial charge in [-0.25, -0.2) is 8.42 Å². The standard InChI is InChI=1S/C8H11N3O2S2/c1-6-7(5-9)8(14-11-6)10-3-4-15(2,12)13/h10H,3-4H2,1-2H3. The Balaban J connectivity index is 2.63. The van der Waals surface area contributed by atoms with E-state index in [1.807, 2.05) is 6.07 Å². The zero-order chi connectivity index (χ0) is 11.5. The van der Waals surface area contributed by atoms with Gasteiger partial charge in [-0.1, -0.05) is 0 Å². The summed E-state index contributed by atoms with van der Waals surface area (Å²) >= 11 is 1.17. The van der Waals surface area contributed by atoms with Gasteiger partial charge in [0.1, 0.15) is 26.5 Å². The zero-order valence-electron chi connectivity index (χ0n) is 8.44. The number of anilines is 1. The Labute approximate surface area is 92.8 Å². The molecule has 0 spiro atoms. The van der Waals surface area contributed by atoms with E-state index in [2.05, 4.69) is 9.69 Å². The molecule has 0 amide bonds. The van der Waals surface area contributed by atoms with E-state index in [0.717, 1.165) is 0 Å². The molecule has 0 saturated carbocycles. The lowest BCUT2D eigenvalue weighted by Crippen LogP contribution is -2.13. The van der Waals surface area contributed by atoms with Crippen molar-refractivity contribution in [1.82, 2.24) is 4.37 Å². The van der Waals surface area contributed by atoms with Gasteiger partial charge in [0.15, 0.2) is 0 Å². The number of nitriles is 1. The first-order valence-corrected chi connectivity index (χ1v) is 7.05. The predicted octanol–water partition coefficient (Wildman–Crippen LogP) is 0.780. The summed E-state index contributed by atoms with van der Waals surface area (Å²) in [5.74, 6) is 0.0504. The van der Waals surface area contributed by atoms with E-state index >= 15 is 0 Å². The van der Waals surface area contributed by atoms with E-state index in [9.17, 15) is 8.42 Å². The molecule has 0 saturated heterocycles. The van der Waals surface area contributed by atoms with E-state index in [-0.39, 0.29) is 5.75 Å². The maximum atomic E-state index is 10.9. The Morgan fingerprint density at radius 2 is 2.27 bits per heavy atom. The van der Waals surface area contributed by atoms with Crippen molar-refractivity contribution in [3.8, 4) is 6.07 Å². The van der Waals surface area contributed by atoms with Crippen molar-refractivity contribution in [3.63, 3.8) is 0 Å². The molecule has 0 aromatic carbocycles. The monoisotopic (exact) mass is 245 g/mol. The van der Waals surface area contributed by atoms with Crippen LogP contribution in [-0.2, 0) is 9.84 Å². The molecule has 1 heterocycles. The third-order valence-electron chi connectivity index (χ3n) is 1.73. The molecule has 1 N–H and O–H groups in total. The molecule has 0 radical (unpaired) electrons. The smallest absolute Gasteiger partial charge is 0.149 e. The fraction of sp³-hybridized carbons (Fsp3) is 0.500. The number of aryl methyl sites for hydroxylation is 1. The minimum atomic E-state index is -2.97. The summed E-state index contributed by atoms with van der Waals surface area (Å²) in [6.45, 7) is 2.05. The van der Waals surface area contributed by atoms with Crippen molar-refractivity contribution in [2.45, 2.75) is 6.92 Å². The fourth-order valence-corrected chi connectivity index (χ4v) is 2.22. The minimum absolute atomic E-state index is 0.0504. The molecule has 0 bridgehead atoms. The molecule has 7 heteroatoms. The molecule has 0 unspecified atom stereocenters. The average molecular weight is 245 g/mol. The van der Waals surface area contributed by atoms with Crippen LogP contribution in [0.5, 0.6) is 0 Å². The summed E-state index contributed by atoms with van der Waals surface area (Å²) in [5, 5.41) is 12.3. The van der Waals surface area contributed by atoms with Crippen LogP contribution >= 0.6 is 11.5 Å². The molecule has 15 heavy (non-hydrogen) atoms. The first kappa shape index (κ1) is 11.9. The summed E-state index contributed by atoms with van der Waals surface area (Å²) in [5.41, 5.74) is 1.16. The van der Waals surface area contributed by atoms with Gasteiger partial charge >= 0.3 is 0 Å². The Bertz CT molecular complexity index is 484. The first-order valence-electron chi connectivity index (χ1n) is 4.22. The number of rotatable bonds is 4. The molecule has 1 aromatic rings. The van der Waals surface area contributed by atoms with Crippen LogP contribution in [0.15, 0.2) is 0 Å². The third kappa shape index (κ3) is 3.49. The van der Waals surface area contributed by atoms with Crippen LogP contribution in [0.2, 0.25) is 0 Å². The number of hydrogen-bond donors (Lipinski definition) is 1. The largest absolute Gasteiger partial charge is 0.374 e. The van der Waals surface area contributed by atoms with E-state index in [4.69, 9.17) is 5.26 Å². The molecular formula is C8H11N3O2S2. The van der Waals surface area contributed by atoms with Gasteiger partial charge in [-0.15, -0.1) is 0 Å². The average Bonchev–Trinajstić information content (AvgIpc) is 2.44. The van der Waals surface area contributed by atoms with Crippen molar-refractivity contribution < 1.29 is 8.42 Å². The number of aromatic nitrogens is 1. The first-order chi connectivity index (χ1) is 6.94. The second-order valence-corrected chi connectivity index (χ2v) is 6.17. The highest BCUT2D eigenvalue weighted by Crippen LogP contribution is 2.22. The van der Waals surface area contributed by atoms with Crippen molar-refractivity contribution >= 4 is 26.4 Å². The highest BCUT2D eigenvalue weighted by molar-refractivity contribution is 7.90. The molecule has 1 rings (SSSR count). The topological polar surface area (TPSA) is 82.8 Å². The van der Waals surface area contributed by atoms with Gasteiger partial charge in [-0.05, 0) is 18.5 Å². The molecule has 0 aliphatic rings. The second kappa shape index (κ2) is 4.59. The predicted molar refractivity (Wildman–Crippen MR) is 59.8 cm³/mol. The van der Waals surface area contributed by atoms with Gasteiger partial charge in [0, 0.05) is 12.8 Å². The molecule has 0 atom stereocenters. The molecule has 0 fully saturated rings. The quantitative estimate of drug-likeness (QED) is 0.847. The van der Waals surface area contributed by atoms with Gasteiger partial charge in [0.25, 0.3) is 0 Å². The van der Waals surface area contributed by atoms with Crippen molar-refractivity contribution in [1.29, 1.82) is 5.26 Å². The van der Waals surface area contributed by atoms with Gasteiger partial charge in [-0.2, -0.15) is 9.64 Å². The Morgan fingerprint density at radius 1 is 1.60 bits per heavy atom. The SMILES string of the molecule is Cc1nsc(NCCS(C)(=O)=O)c1C#N. The Morgan fingerprint density at radius 3 is 2.80 bits per heavy atom. The maximum Gasteiger partial charge on any atom is 0.149 e. The zero-order valence-corrected chi connectivity index (χ0v) is 10.1. The van der Waals surface area contributed by atoms with Crippen LogP contribution in [0, 0.1) is 18.3 Å². The van der Waals surface area contributed by atoms with Crippen LogP contribution in [-0.4, -0.2) is 31.3 Å². The van der Waals surface area contributed by atoms with Crippen LogP contribution in [0.4, 0.5) is 5.00 Å². The van der Waals surface area contributed by atoms with Crippen LogP contribution < -0.4 is 5.32 Å². The Kier molecular flexibility index (Phi) is 3.66. The normalized spacial score (nSPS) is 11.0. The highest BCUT2D eigenvalue weighted by Gasteiger charge is 2.10. The molecule has 1 aromatic heterocycles. The maximum absolute atomic E-state index is 10.9. The molecular weight excluding hydrogens is 234 g/mol. The number of hydrogen-bond acceptors (Lipinski definition) is 6. The molecule has 82 valence electrons. The molecule has 5 nitrogen and oxygen atoms in total. The lowest BCUT2D eigenvalue weighted by Gasteiger charge is -2.01. The lowest BCUT2D eigenvalue weighted by molar-refractivity contribution is 0.602. The van der Waals surface area contributed by atoms with Crippen LogP contribution in [0.25, 0.3) is 0 Å². The fourth-order valence-electron chi connectivity index (χ4n) is 0.972. The van der Waals surface area contributed by atoms with Gasteiger partial charge in [0.05, 0.1) is 11.4 Å². The number of nitrogens with zero attached hydrogens (tertiary/aromatic N) is 2. The van der Waals surface area contributed by atoms with Gasteiger partial charge in [-0.3, -0.25) is 0 Å². The summed E-state index contributed by atoms with van der Waals surface area (Å²) < 4.78 is 25.7. The van der Waals surface area contributed by atoms with Gasteiger partial charge in [0.2, 0.25) is 0 Å². The molecule has 0 aliphatic heterocycles.